The van der Waals surface area contributed by atoms with E-state index in [4.69, 9.17) is 23.5 Å². The molecule has 0 unspecified atom stereocenters. The highest BCUT2D eigenvalue weighted by molar-refractivity contribution is 6.60. The molecule has 0 fully saturated rings. The molecule has 0 saturated heterocycles. The fraction of sp³-hybridized carbons (Fsp3) is 0.818. The molecule has 2 N–H and O–H groups in total. The normalized spacial score (nSPS) is 13.4. The minimum Gasteiger partial charge on any atom is -0.481 e. The van der Waals surface area contributed by atoms with Gasteiger partial charge in [0.25, 0.3) is 0 Å². The Morgan fingerprint density at radius 1 is 1.15 bits per heavy atom. The Kier molecular flexibility index (Phi) is 8.58. The van der Waals surface area contributed by atoms with E-state index in [-0.39, 0.29) is 0 Å². The van der Waals surface area contributed by atoms with Gasteiger partial charge in [0, 0.05) is 27.4 Å². The number of aliphatic carboxylic acids is 2. The molecule has 20 heavy (non-hydrogen) atoms. The Bertz CT molecular complexity index is 314. The summed E-state index contributed by atoms with van der Waals surface area (Å²) in [5, 5.41) is 17.7. The maximum atomic E-state index is 11.0. The second kappa shape index (κ2) is 9.03. The van der Waals surface area contributed by atoms with Crippen LogP contribution in [0.5, 0.6) is 0 Å². The van der Waals surface area contributed by atoms with E-state index in [1.807, 2.05) is 0 Å². The third kappa shape index (κ3) is 5.97. The van der Waals surface area contributed by atoms with E-state index in [1.165, 1.54) is 26.2 Å². The number of carboxylic acids is 2. The first-order valence-corrected chi connectivity index (χ1v) is 8.05. The van der Waals surface area contributed by atoms with Gasteiger partial charge in [-0.05, 0) is 20.0 Å². The number of hydrogen-bond acceptors (Lipinski definition) is 6. The third-order valence-electron chi connectivity index (χ3n) is 3.11. The highest BCUT2D eigenvalue weighted by atomic mass is 28.4. The van der Waals surface area contributed by atoms with E-state index >= 15 is 0 Å². The van der Waals surface area contributed by atoms with Crippen molar-refractivity contribution in [3.8, 4) is 0 Å². The van der Waals surface area contributed by atoms with Crippen molar-refractivity contribution in [1.82, 2.24) is 4.90 Å². The number of carboxylic acid groups (broad SMARTS) is 2. The minimum atomic E-state index is -2.67. The van der Waals surface area contributed by atoms with Crippen LogP contribution in [0, 0.1) is 0 Å². The Morgan fingerprint density at radius 3 is 2.00 bits per heavy atom. The van der Waals surface area contributed by atoms with Gasteiger partial charge in [0.1, 0.15) is 6.04 Å². The first-order valence-electron chi connectivity index (χ1n) is 6.12. The van der Waals surface area contributed by atoms with Crippen LogP contribution in [0.4, 0.5) is 0 Å². The molecule has 0 aromatic rings. The summed E-state index contributed by atoms with van der Waals surface area (Å²) in [5.41, 5.74) is 0. The van der Waals surface area contributed by atoms with Crippen LogP contribution in [-0.2, 0) is 22.9 Å². The lowest BCUT2D eigenvalue weighted by molar-refractivity contribution is -0.149. The summed E-state index contributed by atoms with van der Waals surface area (Å²) in [6.07, 6.45) is 0.148. The van der Waals surface area contributed by atoms with E-state index in [0.717, 1.165) is 0 Å². The first-order chi connectivity index (χ1) is 9.31. The number of carbonyl (C=O) groups is 2. The number of hydrogen-bond donors (Lipinski definition) is 2. The molecule has 1 atom stereocenters. The number of nitrogens with zero attached hydrogens (tertiary/aromatic N) is 1. The van der Waals surface area contributed by atoms with Gasteiger partial charge in [-0.1, -0.05) is 0 Å². The van der Waals surface area contributed by atoms with E-state index in [0.29, 0.717) is 19.0 Å². The molecule has 0 amide bonds. The van der Waals surface area contributed by atoms with Crippen LogP contribution in [0.1, 0.15) is 12.8 Å². The van der Waals surface area contributed by atoms with Crippen molar-refractivity contribution in [3.05, 3.63) is 0 Å². The lowest BCUT2D eigenvalue weighted by atomic mass is 10.2. The molecule has 0 rings (SSSR count). The van der Waals surface area contributed by atoms with E-state index < -0.39 is 33.2 Å². The van der Waals surface area contributed by atoms with E-state index in [9.17, 15) is 9.59 Å². The van der Waals surface area contributed by atoms with Gasteiger partial charge in [0.15, 0.2) is 0 Å². The average molecular weight is 309 g/mol. The quantitative estimate of drug-likeness (QED) is 0.518. The molecular weight excluding hydrogens is 286 g/mol. The second-order valence-electron chi connectivity index (χ2n) is 4.33. The summed E-state index contributed by atoms with van der Waals surface area (Å²) < 4.78 is 15.8. The molecule has 0 aliphatic carbocycles. The van der Waals surface area contributed by atoms with Crippen molar-refractivity contribution in [3.63, 3.8) is 0 Å². The summed E-state index contributed by atoms with van der Waals surface area (Å²) in [6, 6.07) is -0.517. The van der Waals surface area contributed by atoms with E-state index in [2.05, 4.69) is 0 Å². The van der Waals surface area contributed by atoms with Crippen LogP contribution < -0.4 is 0 Å². The van der Waals surface area contributed by atoms with Gasteiger partial charge in [-0.2, -0.15) is 0 Å². The Hall–Kier alpha value is -1.00. The molecular formula is C11H23NO7Si. The molecule has 0 heterocycles. The molecule has 0 saturated carbocycles. The zero-order valence-electron chi connectivity index (χ0n) is 12.3. The topological polar surface area (TPSA) is 106 Å². The Morgan fingerprint density at radius 2 is 1.65 bits per heavy atom. The summed E-state index contributed by atoms with van der Waals surface area (Å²) >= 11 is 0. The Balaban J connectivity index is 4.41. The van der Waals surface area contributed by atoms with Crippen LogP contribution in [-0.4, -0.2) is 76.8 Å². The van der Waals surface area contributed by atoms with Crippen molar-refractivity contribution in [1.29, 1.82) is 0 Å². The fourth-order valence-corrected chi connectivity index (χ4v) is 3.56. The average Bonchev–Trinajstić information content (AvgIpc) is 2.41. The maximum absolute atomic E-state index is 11.0. The molecule has 0 bridgehead atoms. The van der Waals surface area contributed by atoms with Crippen LogP contribution >= 0.6 is 0 Å². The summed E-state index contributed by atoms with van der Waals surface area (Å²) in [7, 11) is 3.43. The van der Waals surface area contributed by atoms with Gasteiger partial charge in [-0.3, -0.25) is 14.5 Å². The van der Waals surface area contributed by atoms with Crippen LogP contribution in [0.2, 0.25) is 6.04 Å². The van der Waals surface area contributed by atoms with Crippen molar-refractivity contribution in [2.75, 3.05) is 34.9 Å². The second-order valence-corrected chi connectivity index (χ2v) is 7.42. The van der Waals surface area contributed by atoms with Gasteiger partial charge in [0.2, 0.25) is 0 Å². The van der Waals surface area contributed by atoms with Gasteiger partial charge in [-0.15, -0.1) is 0 Å². The maximum Gasteiger partial charge on any atom is 0.500 e. The first kappa shape index (κ1) is 19.0. The fourth-order valence-electron chi connectivity index (χ4n) is 1.85. The molecule has 0 radical (unpaired) electrons. The Labute approximate surface area is 119 Å². The SMILES string of the molecule is CO[Si](CCCN(C)[C@@H](CC(=O)O)C(=O)O)(OC)OC. The molecule has 0 aliphatic heterocycles. The van der Waals surface area contributed by atoms with Gasteiger partial charge in [-0.25, -0.2) is 0 Å². The largest absolute Gasteiger partial charge is 0.500 e. The molecule has 8 nitrogen and oxygen atoms in total. The number of rotatable bonds is 11. The lowest BCUT2D eigenvalue weighted by Gasteiger charge is -2.27. The zero-order chi connectivity index (χ0) is 15.8. The van der Waals surface area contributed by atoms with E-state index in [1.54, 1.807) is 7.05 Å². The predicted molar refractivity (Wildman–Crippen MR) is 72.5 cm³/mol. The van der Waals surface area contributed by atoms with Gasteiger partial charge >= 0.3 is 20.7 Å². The highest BCUT2D eigenvalue weighted by Gasteiger charge is 2.37. The minimum absolute atomic E-state index is 0.412. The lowest BCUT2D eigenvalue weighted by Crippen LogP contribution is -2.44. The van der Waals surface area contributed by atoms with Crippen molar-refractivity contribution >= 4 is 20.7 Å². The van der Waals surface area contributed by atoms with Crippen molar-refractivity contribution < 1.29 is 33.1 Å². The molecule has 0 aromatic carbocycles. The number of likely N-dealkylation sites (N-methyl/N-ethyl adjacent to an activating group) is 1. The van der Waals surface area contributed by atoms with Crippen LogP contribution in [0.15, 0.2) is 0 Å². The van der Waals surface area contributed by atoms with Crippen molar-refractivity contribution in [2.24, 2.45) is 0 Å². The van der Waals surface area contributed by atoms with Gasteiger partial charge < -0.3 is 23.5 Å². The highest BCUT2D eigenvalue weighted by Crippen LogP contribution is 2.16. The van der Waals surface area contributed by atoms with Crippen LogP contribution in [0.25, 0.3) is 0 Å². The summed E-state index contributed by atoms with van der Waals surface area (Å²) in [4.78, 5) is 23.2. The van der Waals surface area contributed by atoms with Crippen molar-refractivity contribution in [2.45, 2.75) is 24.9 Å². The zero-order valence-corrected chi connectivity index (χ0v) is 13.3. The molecule has 0 spiro atoms. The molecule has 0 aliphatic rings. The third-order valence-corrected chi connectivity index (χ3v) is 5.94. The summed E-state index contributed by atoms with van der Waals surface area (Å²) in [5.74, 6) is -2.29. The predicted octanol–water partition coefficient (Wildman–Crippen LogP) is 0.114. The van der Waals surface area contributed by atoms with Gasteiger partial charge in [0.05, 0.1) is 6.42 Å². The van der Waals surface area contributed by atoms with Crippen LogP contribution in [0.3, 0.4) is 0 Å². The molecule has 0 aromatic heterocycles. The summed E-state index contributed by atoms with van der Waals surface area (Å²) in [6.45, 7) is 0.412. The molecule has 9 heteroatoms. The monoisotopic (exact) mass is 309 g/mol. The standard InChI is InChI=1S/C11H23NO7Si/c1-12(9(11(15)16)8-10(13)14)6-5-7-20(17-2,18-3)19-4/h9H,5-8H2,1-4H3,(H,13,14)(H,15,16)/t9-/m0/s1. The smallest absolute Gasteiger partial charge is 0.481 e. The molecule has 118 valence electrons.